The number of hydrogen-bond donors (Lipinski definition) is 2. The molecule has 126 valence electrons. The molecule has 2 rings (SSSR count). The molecule has 0 atom stereocenters. The standard InChI is InChI=1S/C18H18ClFN2O2/c1-2-3-4-17(23)21-13-7-5-12(6-8-13)18(24)22-14-9-10-16(20)15(19)11-14/h5-11H,2-4H2,1H3,(H,21,23)(H,22,24). The zero-order chi connectivity index (χ0) is 17.5. The van der Waals surface area contributed by atoms with Gasteiger partial charge in [-0.25, -0.2) is 4.39 Å². The van der Waals surface area contributed by atoms with E-state index in [1.165, 1.54) is 18.2 Å². The number of halogens is 2. The van der Waals surface area contributed by atoms with E-state index in [-0.39, 0.29) is 16.8 Å². The van der Waals surface area contributed by atoms with Gasteiger partial charge in [-0.3, -0.25) is 9.59 Å². The first kappa shape index (κ1) is 17.9. The van der Waals surface area contributed by atoms with Crippen molar-refractivity contribution in [2.24, 2.45) is 0 Å². The van der Waals surface area contributed by atoms with Crippen LogP contribution in [0.25, 0.3) is 0 Å². The van der Waals surface area contributed by atoms with E-state index in [1.807, 2.05) is 6.92 Å². The second-order valence-corrected chi connectivity index (χ2v) is 5.72. The number of benzene rings is 2. The molecule has 0 bridgehead atoms. The smallest absolute Gasteiger partial charge is 0.255 e. The summed E-state index contributed by atoms with van der Waals surface area (Å²) in [5, 5.41) is 5.36. The van der Waals surface area contributed by atoms with Crippen molar-refractivity contribution >= 4 is 34.8 Å². The van der Waals surface area contributed by atoms with Gasteiger partial charge in [0.25, 0.3) is 5.91 Å². The van der Waals surface area contributed by atoms with Crippen molar-refractivity contribution in [2.45, 2.75) is 26.2 Å². The van der Waals surface area contributed by atoms with E-state index in [1.54, 1.807) is 24.3 Å². The molecule has 0 saturated heterocycles. The summed E-state index contributed by atoms with van der Waals surface area (Å²) in [5.74, 6) is -0.936. The monoisotopic (exact) mass is 348 g/mol. The van der Waals surface area contributed by atoms with Crippen LogP contribution in [-0.2, 0) is 4.79 Å². The van der Waals surface area contributed by atoms with Crippen molar-refractivity contribution < 1.29 is 14.0 Å². The van der Waals surface area contributed by atoms with Crippen molar-refractivity contribution in [3.8, 4) is 0 Å². The number of carbonyl (C=O) groups excluding carboxylic acids is 2. The SMILES string of the molecule is CCCCC(=O)Nc1ccc(C(=O)Nc2ccc(F)c(Cl)c2)cc1. The van der Waals surface area contributed by atoms with E-state index in [0.29, 0.717) is 23.4 Å². The molecule has 24 heavy (non-hydrogen) atoms. The molecular formula is C18H18ClFN2O2. The number of anilines is 2. The summed E-state index contributed by atoms with van der Waals surface area (Å²) in [4.78, 5) is 23.8. The van der Waals surface area contributed by atoms with Crippen LogP contribution in [0.3, 0.4) is 0 Å². The fourth-order valence-electron chi connectivity index (χ4n) is 2.04. The van der Waals surface area contributed by atoms with Crippen molar-refractivity contribution in [1.82, 2.24) is 0 Å². The molecule has 0 radical (unpaired) electrons. The lowest BCUT2D eigenvalue weighted by molar-refractivity contribution is -0.116. The van der Waals surface area contributed by atoms with Crippen molar-refractivity contribution in [3.63, 3.8) is 0 Å². The predicted molar refractivity (Wildman–Crippen MR) is 94.0 cm³/mol. The molecule has 0 unspecified atom stereocenters. The molecule has 0 aliphatic carbocycles. The fourth-order valence-corrected chi connectivity index (χ4v) is 2.22. The molecule has 4 nitrogen and oxygen atoms in total. The second-order valence-electron chi connectivity index (χ2n) is 5.31. The van der Waals surface area contributed by atoms with Crippen molar-refractivity contribution in [1.29, 1.82) is 0 Å². The highest BCUT2D eigenvalue weighted by atomic mass is 35.5. The third-order valence-corrected chi connectivity index (χ3v) is 3.66. The van der Waals surface area contributed by atoms with Gasteiger partial charge < -0.3 is 10.6 Å². The molecule has 0 aliphatic heterocycles. The third kappa shape index (κ3) is 5.06. The maximum atomic E-state index is 13.1. The van der Waals surface area contributed by atoms with Gasteiger partial charge in [-0.2, -0.15) is 0 Å². The number of amides is 2. The quantitative estimate of drug-likeness (QED) is 0.783. The van der Waals surface area contributed by atoms with Gasteiger partial charge in [0, 0.05) is 23.4 Å². The average Bonchev–Trinajstić information content (AvgIpc) is 2.57. The van der Waals surface area contributed by atoms with Gasteiger partial charge in [0.1, 0.15) is 5.82 Å². The molecule has 2 N–H and O–H groups in total. The zero-order valence-corrected chi connectivity index (χ0v) is 14.0. The first-order valence-electron chi connectivity index (χ1n) is 7.66. The topological polar surface area (TPSA) is 58.2 Å². The van der Waals surface area contributed by atoms with Crippen LogP contribution in [0.2, 0.25) is 5.02 Å². The van der Waals surface area contributed by atoms with E-state index in [0.717, 1.165) is 12.8 Å². The van der Waals surface area contributed by atoms with E-state index in [4.69, 9.17) is 11.6 Å². The van der Waals surface area contributed by atoms with Crippen LogP contribution in [0.4, 0.5) is 15.8 Å². The summed E-state index contributed by atoms with van der Waals surface area (Å²) in [5.41, 5.74) is 1.46. The van der Waals surface area contributed by atoms with Crippen LogP contribution < -0.4 is 10.6 Å². The van der Waals surface area contributed by atoms with Crippen LogP contribution in [0.5, 0.6) is 0 Å². The van der Waals surface area contributed by atoms with Gasteiger partial charge in [0.05, 0.1) is 5.02 Å². The van der Waals surface area contributed by atoms with Gasteiger partial charge in [-0.15, -0.1) is 0 Å². The molecule has 2 aromatic carbocycles. The summed E-state index contributed by atoms with van der Waals surface area (Å²) in [6, 6.07) is 10.5. The minimum Gasteiger partial charge on any atom is -0.326 e. The van der Waals surface area contributed by atoms with Crippen molar-refractivity contribution in [3.05, 3.63) is 58.9 Å². The first-order chi connectivity index (χ1) is 11.5. The highest BCUT2D eigenvalue weighted by Gasteiger charge is 2.08. The van der Waals surface area contributed by atoms with Gasteiger partial charge in [0.15, 0.2) is 0 Å². The van der Waals surface area contributed by atoms with Gasteiger partial charge in [-0.05, 0) is 48.9 Å². The molecule has 0 saturated carbocycles. The molecule has 0 aliphatic rings. The Morgan fingerprint density at radius 3 is 2.33 bits per heavy atom. The van der Waals surface area contributed by atoms with Crippen LogP contribution in [-0.4, -0.2) is 11.8 Å². The highest BCUT2D eigenvalue weighted by Crippen LogP contribution is 2.20. The summed E-state index contributed by atoms with van der Waals surface area (Å²) in [6.45, 7) is 2.02. The van der Waals surface area contributed by atoms with E-state index in [9.17, 15) is 14.0 Å². The molecule has 2 aromatic rings. The number of carbonyl (C=O) groups is 2. The molecule has 0 aromatic heterocycles. The lowest BCUT2D eigenvalue weighted by Gasteiger charge is -2.08. The van der Waals surface area contributed by atoms with Gasteiger partial charge >= 0.3 is 0 Å². The molecular weight excluding hydrogens is 331 g/mol. The number of hydrogen-bond acceptors (Lipinski definition) is 2. The van der Waals surface area contributed by atoms with E-state index in [2.05, 4.69) is 10.6 Å². The summed E-state index contributed by atoms with van der Waals surface area (Å²) < 4.78 is 13.1. The van der Waals surface area contributed by atoms with Gasteiger partial charge in [-0.1, -0.05) is 24.9 Å². The lowest BCUT2D eigenvalue weighted by Crippen LogP contribution is -2.13. The third-order valence-electron chi connectivity index (χ3n) is 3.37. The van der Waals surface area contributed by atoms with Crippen LogP contribution in [0, 0.1) is 5.82 Å². The second kappa shape index (κ2) is 8.45. The lowest BCUT2D eigenvalue weighted by atomic mass is 10.1. The maximum Gasteiger partial charge on any atom is 0.255 e. The number of nitrogens with one attached hydrogen (secondary N) is 2. The van der Waals surface area contributed by atoms with Crippen LogP contribution >= 0.6 is 11.6 Å². The Labute approximate surface area is 145 Å². The zero-order valence-electron chi connectivity index (χ0n) is 13.2. The highest BCUT2D eigenvalue weighted by molar-refractivity contribution is 6.31. The Morgan fingerprint density at radius 2 is 1.71 bits per heavy atom. The minimum atomic E-state index is -0.544. The Hall–Kier alpha value is -2.40. The molecule has 2 amide bonds. The fraction of sp³-hybridized carbons (Fsp3) is 0.222. The molecule has 0 fully saturated rings. The molecule has 0 spiro atoms. The minimum absolute atomic E-state index is 0.0463. The normalized spacial score (nSPS) is 10.3. The van der Waals surface area contributed by atoms with E-state index < -0.39 is 5.82 Å². The maximum absolute atomic E-state index is 13.1. The Bertz CT molecular complexity index is 732. The van der Waals surface area contributed by atoms with Crippen molar-refractivity contribution in [2.75, 3.05) is 10.6 Å². The van der Waals surface area contributed by atoms with Crippen LogP contribution in [0.1, 0.15) is 36.5 Å². The summed E-state index contributed by atoms with van der Waals surface area (Å²) in [7, 11) is 0. The molecule has 6 heteroatoms. The Morgan fingerprint density at radius 1 is 1.04 bits per heavy atom. The van der Waals surface area contributed by atoms with E-state index >= 15 is 0 Å². The average molecular weight is 349 g/mol. The van der Waals surface area contributed by atoms with Crippen LogP contribution in [0.15, 0.2) is 42.5 Å². The number of unbranched alkanes of at least 4 members (excludes halogenated alkanes) is 1. The van der Waals surface area contributed by atoms with Gasteiger partial charge in [0.2, 0.25) is 5.91 Å². The first-order valence-corrected chi connectivity index (χ1v) is 8.03. The predicted octanol–water partition coefficient (Wildman–Crippen LogP) is 4.86. The molecule has 0 heterocycles. The summed E-state index contributed by atoms with van der Waals surface area (Å²) >= 11 is 5.68. The summed E-state index contributed by atoms with van der Waals surface area (Å²) in [6.07, 6.45) is 2.27. The Balaban J connectivity index is 1.98. The Kier molecular flexibility index (Phi) is 6.32. The largest absolute Gasteiger partial charge is 0.326 e. The number of rotatable bonds is 6.